The molecule has 0 spiro atoms. The van der Waals surface area contributed by atoms with Crippen molar-refractivity contribution in [3.8, 4) is 0 Å². The highest BCUT2D eigenvalue weighted by Gasteiger charge is 2.10. The molecule has 2 rings (SSSR count). The maximum Gasteiger partial charge on any atom is 0.279 e. The highest BCUT2D eigenvalue weighted by molar-refractivity contribution is 9.10. The van der Waals surface area contributed by atoms with Crippen molar-refractivity contribution in [3.63, 3.8) is 0 Å². The van der Waals surface area contributed by atoms with Crippen LogP contribution in [-0.2, 0) is 6.54 Å². The number of halogens is 1. The Balaban J connectivity index is 2.92. The van der Waals surface area contributed by atoms with E-state index in [0.29, 0.717) is 17.6 Å². The Morgan fingerprint density at radius 2 is 2.38 bits per heavy atom. The van der Waals surface area contributed by atoms with E-state index in [9.17, 15) is 4.79 Å². The van der Waals surface area contributed by atoms with E-state index in [0.717, 1.165) is 4.60 Å². The summed E-state index contributed by atoms with van der Waals surface area (Å²) in [5.74, 6) is 0. The molecule has 0 saturated heterocycles. The number of aromatic amines is 1. The lowest BCUT2D eigenvalue weighted by molar-refractivity contribution is 0.652. The first kappa shape index (κ1) is 8.43. The van der Waals surface area contributed by atoms with Crippen LogP contribution in [0.4, 0.5) is 0 Å². The monoisotopic (exact) mass is 242 g/mol. The average molecular weight is 243 g/mol. The zero-order valence-electron chi connectivity index (χ0n) is 6.91. The Morgan fingerprint density at radius 3 is 3.00 bits per heavy atom. The molecule has 1 N–H and O–H groups in total. The summed E-state index contributed by atoms with van der Waals surface area (Å²) in [5, 5.41) is 4.09. The smallest absolute Gasteiger partial charge is 0.279 e. The highest BCUT2D eigenvalue weighted by atomic mass is 79.9. The van der Waals surface area contributed by atoms with Gasteiger partial charge in [0.2, 0.25) is 0 Å². The molecule has 0 radical (unpaired) electrons. The summed E-state index contributed by atoms with van der Waals surface area (Å²) in [6.07, 6.45) is 1.37. The van der Waals surface area contributed by atoms with Gasteiger partial charge in [0.05, 0.1) is 6.33 Å². The topological polar surface area (TPSA) is 63.6 Å². The van der Waals surface area contributed by atoms with Gasteiger partial charge in [0.15, 0.2) is 5.52 Å². The van der Waals surface area contributed by atoms with Gasteiger partial charge >= 0.3 is 0 Å². The third-order valence-corrected chi connectivity index (χ3v) is 2.56. The molecule has 0 aliphatic rings. The van der Waals surface area contributed by atoms with Crippen molar-refractivity contribution in [1.82, 2.24) is 19.7 Å². The molecular formula is C7H7BrN4O. The lowest BCUT2D eigenvalue weighted by Gasteiger charge is -1.93. The second-order valence-electron chi connectivity index (χ2n) is 2.54. The molecule has 2 heterocycles. The molecule has 6 heteroatoms. The number of nitrogens with one attached hydrogen (secondary N) is 1. The lowest BCUT2D eigenvalue weighted by atomic mass is 10.5. The van der Waals surface area contributed by atoms with Crippen molar-refractivity contribution in [2.45, 2.75) is 13.5 Å². The Hall–Kier alpha value is -1.17. The molecule has 0 saturated carbocycles. The predicted octanol–water partition coefficient (Wildman–Crippen LogP) is 0.902. The Labute approximate surface area is 81.9 Å². The first-order valence-corrected chi connectivity index (χ1v) is 4.63. The summed E-state index contributed by atoms with van der Waals surface area (Å²) < 4.78 is 2.43. The maximum atomic E-state index is 11.3. The first-order valence-electron chi connectivity index (χ1n) is 3.83. The summed E-state index contributed by atoms with van der Waals surface area (Å²) in [6.45, 7) is 2.65. The summed E-state index contributed by atoms with van der Waals surface area (Å²) >= 11 is 3.33. The van der Waals surface area contributed by atoms with E-state index in [-0.39, 0.29) is 5.56 Å². The van der Waals surface area contributed by atoms with E-state index < -0.39 is 0 Å². The van der Waals surface area contributed by atoms with Crippen molar-refractivity contribution in [2.24, 2.45) is 0 Å². The summed E-state index contributed by atoms with van der Waals surface area (Å²) in [5.41, 5.74) is 0.764. The van der Waals surface area contributed by atoms with Gasteiger partial charge in [0, 0.05) is 6.54 Å². The minimum absolute atomic E-state index is 0.210. The zero-order chi connectivity index (χ0) is 9.42. The molecule has 68 valence electrons. The minimum Gasteiger partial charge on any atom is -0.311 e. The third-order valence-electron chi connectivity index (χ3n) is 1.77. The Bertz CT molecular complexity index is 501. The second-order valence-corrected chi connectivity index (χ2v) is 3.29. The molecule has 13 heavy (non-hydrogen) atoms. The molecular weight excluding hydrogens is 236 g/mol. The van der Waals surface area contributed by atoms with Crippen LogP contribution in [0.25, 0.3) is 11.0 Å². The number of aromatic nitrogens is 4. The number of hydrogen-bond donors (Lipinski definition) is 1. The van der Waals surface area contributed by atoms with Gasteiger partial charge in [-0.2, -0.15) is 5.10 Å². The van der Waals surface area contributed by atoms with E-state index >= 15 is 0 Å². The molecule has 0 unspecified atom stereocenters. The van der Waals surface area contributed by atoms with Gasteiger partial charge in [-0.05, 0) is 22.9 Å². The normalized spacial score (nSPS) is 10.9. The van der Waals surface area contributed by atoms with Crippen molar-refractivity contribution in [2.75, 3.05) is 0 Å². The lowest BCUT2D eigenvalue weighted by Crippen LogP contribution is -2.06. The zero-order valence-corrected chi connectivity index (χ0v) is 8.50. The average Bonchev–Trinajstić information content (AvgIpc) is 2.45. The predicted molar refractivity (Wildman–Crippen MR) is 51.5 cm³/mol. The fraction of sp³-hybridized carbons (Fsp3) is 0.286. The molecule has 0 aromatic carbocycles. The number of aryl methyl sites for hydroxylation is 1. The van der Waals surface area contributed by atoms with Crippen LogP contribution in [0.2, 0.25) is 0 Å². The molecule has 2 aromatic rings. The van der Waals surface area contributed by atoms with E-state index in [1.165, 1.54) is 6.33 Å². The van der Waals surface area contributed by atoms with Gasteiger partial charge in [0.1, 0.15) is 10.1 Å². The molecule has 0 aliphatic carbocycles. The van der Waals surface area contributed by atoms with Crippen molar-refractivity contribution >= 4 is 27.0 Å². The third kappa shape index (κ3) is 1.17. The van der Waals surface area contributed by atoms with Crippen LogP contribution in [0.15, 0.2) is 15.7 Å². The molecule has 5 nitrogen and oxygen atoms in total. The van der Waals surface area contributed by atoms with E-state index in [4.69, 9.17) is 0 Å². The Morgan fingerprint density at radius 1 is 1.62 bits per heavy atom. The van der Waals surface area contributed by atoms with Crippen molar-refractivity contribution in [1.29, 1.82) is 0 Å². The molecule has 2 aromatic heterocycles. The molecule has 0 bridgehead atoms. The van der Waals surface area contributed by atoms with Crippen molar-refractivity contribution in [3.05, 3.63) is 21.3 Å². The number of rotatable bonds is 1. The van der Waals surface area contributed by atoms with Crippen LogP contribution in [0, 0.1) is 0 Å². The van der Waals surface area contributed by atoms with Crippen LogP contribution in [0.5, 0.6) is 0 Å². The second kappa shape index (κ2) is 2.95. The Kier molecular flexibility index (Phi) is 1.91. The van der Waals surface area contributed by atoms with Gasteiger partial charge < -0.3 is 4.98 Å². The van der Waals surface area contributed by atoms with Gasteiger partial charge in [-0.25, -0.2) is 4.98 Å². The van der Waals surface area contributed by atoms with Crippen LogP contribution in [-0.4, -0.2) is 19.7 Å². The molecule has 0 aliphatic heterocycles. The summed E-state index contributed by atoms with van der Waals surface area (Å²) in [6, 6.07) is 0. The number of fused-ring (bicyclic) bond motifs is 1. The van der Waals surface area contributed by atoms with Crippen molar-refractivity contribution < 1.29 is 0 Å². The van der Waals surface area contributed by atoms with Gasteiger partial charge in [-0.3, -0.25) is 9.48 Å². The summed E-state index contributed by atoms with van der Waals surface area (Å²) in [7, 11) is 0. The van der Waals surface area contributed by atoms with Crippen LogP contribution < -0.4 is 5.56 Å². The molecule has 0 atom stereocenters. The van der Waals surface area contributed by atoms with Gasteiger partial charge in [0.25, 0.3) is 5.56 Å². The highest BCUT2D eigenvalue weighted by Crippen LogP contribution is 2.18. The number of nitrogens with zero attached hydrogens (tertiary/aromatic N) is 3. The fourth-order valence-corrected chi connectivity index (χ4v) is 1.75. The van der Waals surface area contributed by atoms with Gasteiger partial charge in [-0.1, -0.05) is 0 Å². The van der Waals surface area contributed by atoms with Crippen LogP contribution >= 0.6 is 15.9 Å². The fourth-order valence-electron chi connectivity index (χ4n) is 1.13. The molecule has 0 fully saturated rings. The standard InChI is InChI=1S/C7H7BrN4O/c1-2-12-6(8)4-5(11-12)7(13)10-3-9-4/h3H,2H2,1H3,(H,9,10,13). The quantitative estimate of drug-likeness (QED) is 0.809. The molecule has 0 amide bonds. The maximum absolute atomic E-state index is 11.3. The van der Waals surface area contributed by atoms with Crippen LogP contribution in [0.3, 0.4) is 0 Å². The van der Waals surface area contributed by atoms with E-state index in [1.54, 1.807) is 4.68 Å². The largest absolute Gasteiger partial charge is 0.311 e. The van der Waals surface area contributed by atoms with Crippen LogP contribution in [0.1, 0.15) is 6.92 Å². The number of H-pyrrole nitrogens is 1. The SMILES string of the molecule is CCn1nc2c(=O)[nH]cnc2c1Br. The van der Waals surface area contributed by atoms with E-state index in [1.807, 2.05) is 6.92 Å². The van der Waals surface area contributed by atoms with Gasteiger partial charge in [-0.15, -0.1) is 0 Å². The number of hydrogen-bond acceptors (Lipinski definition) is 3. The van der Waals surface area contributed by atoms with E-state index in [2.05, 4.69) is 31.0 Å². The first-order chi connectivity index (χ1) is 6.24. The summed E-state index contributed by atoms with van der Waals surface area (Å²) in [4.78, 5) is 17.8. The minimum atomic E-state index is -0.210.